The molecule has 1 atom stereocenters. The average Bonchev–Trinajstić information content (AvgIpc) is 2.35. The molecule has 0 aliphatic rings. The predicted octanol–water partition coefficient (Wildman–Crippen LogP) is 4.80. The van der Waals surface area contributed by atoms with Gasteiger partial charge in [-0.2, -0.15) is 0 Å². The van der Waals surface area contributed by atoms with Crippen molar-refractivity contribution in [1.29, 1.82) is 0 Å². The zero-order valence-electron chi connectivity index (χ0n) is 10.1. The minimum atomic E-state index is -0.514. The van der Waals surface area contributed by atoms with Crippen molar-refractivity contribution < 1.29 is 5.11 Å². The SMILES string of the molecule is C=C/C=C(\C=C)C(O)CCc1c(Br)cccc1Br. The van der Waals surface area contributed by atoms with Crippen LogP contribution in [0.15, 0.2) is 64.1 Å². The number of aliphatic hydroxyl groups excluding tert-OH is 1. The van der Waals surface area contributed by atoms with E-state index in [0.717, 1.165) is 20.9 Å². The molecule has 0 heterocycles. The van der Waals surface area contributed by atoms with Gasteiger partial charge in [0.25, 0.3) is 0 Å². The van der Waals surface area contributed by atoms with E-state index < -0.39 is 6.10 Å². The first-order chi connectivity index (χ1) is 8.60. The molecular formula is C15H16Br2O. The molecule has 1 aromatic carbocycles. The van der Waals surface area contributed by atoms with Crippen LogP contribution >= 0.6 is 31.9 Å². The normalized spacial score (nSPS) is 13.2. The first-order valence-corrected chi connectivity index (χ1v) is 7.24. The molecule has 1 nitrogen and oxygen atoms in total. The largest absolute Gasteiger partial charge is 0.388 e. The lowest BCUT2D eigenvalue weighted by molar-refractivity contribution is 0.204. The maximum absolute atomic E-state index is 10.1. The van der Waals surface area contributed by atoms with Crippen molar-refractivity contribution in [3.8, 4) is 0 Å². The highest BCUT2D eigenvalue weighted by Crippen LogP contribution is 2.27. The maximum atomic E-state index is 10.1. The molecule has 1 N–H and O–H groups in total. The number of hydrogen-bond donors (Lipinski definition) is 1. The summed E-state index contributed by atoms with van der Waals surface area (Å²) < 4.78 is 2.11. The quantitative estimate of drug-likeness (QED) is 0.712. The van der Waals surface area contributed by atoms with Crippen molar-refractivity contribution >= 4 is 31.9 Å². The number of aliphatic hydroxyl groups is 1. The Hall–Kier alpha value is -0.640. The molecule has 1 aromatic rings. The van der Waals surface area contributed by atoms with E-state index in [2.05, 4.69) is 45.0 Å². The lowest BCUT2D eigenvalue weighted by atomic mass is 10.0. The average molecular weight is 372 g/mol. The molecule has 1 unspecified atom stereocenters. The Morgan fingerprint density at radius 3 is 2.39 bits per heavy atom. The Bertz CT molecular complexity index is 443. The van der Waals surface area contributed by atoms with Crippen LogP contribution in [0.4, 0.5) is 0 Å². The van der Waals surface area contributed by atoms with Crippen molar-refractivity contribution in [3.63, 3.8) is 0 Å². The molecule has 3 heteroatoms. The fraction of sp³-hybridized carbons (Fsp3) is 0.200. The van der Waals surface area contributed by atoms with Crippen LogP contribution in [0.5, 0.6) is 0 Å². The summed E-state index contributed by atoms with van der Waals surface area (Å²) in [5, 5.41) is 10.1. The summed E-state index contributed by atoms with van der Waals surface area (Å²) in [5.74, 6) is 0. The van der Waals surface area contributed by atoms with E-state index in [9.17, 15) is 5.11 Å². The van der Waals surface area contributed by atoms with E-state index in [4.69, 9.17) is 0 Å². The third kappa shape index (κ3) is 4.23. The summed E-state index contributed by atoms with van der Waals surface area (Å²) in [4.78, 5) is 0. The zero-order valence-corrected chi connectivity index (χ0v) is 13.2. The van der Waals surface area contributed by atoms with Gasteiger partial charge in [-0.05, 0) is 36.1 Å². The second-order valence-electron chi connectivity index (χ2n) is 3.86. The van der Waals surface area contributed by atoms with Crippen LogP contribution < -0.4 is 0 Å². The van der Waals surface area contributed by atoms with Crippen molar-refractivity contribution in [2.24, 2.45) is 0 Å². The van der Waals surface area contributed by atoms with Gasteiger partial charge < -0.3 is 5.11 Å². The molecule has 0 saturated carbocycles. The molecule has 0 aromatic heterocycles. The van der Waals surface area contributed by atoms with Gasteiger partial charge in [0, 0.05) is 8.95 Å². The predicted molar refractivity (Wildman–Crippen MR) is 84.6 cm³/mol. The van der Waals surface area contributed by atoms with Crippen LogP contribution in [0.2, 0.25) is 0 Å². The monoisotopic (exact) mass is 370 g/mol. The molecule has 0 radical (unpaired) electrons. The smallest absolute Gasteiger partial charge is 0.0793 e. The van der Waals surface area contributed by atoms with Gasteiger partial charge >= 0.3 is 0 Å². The first-order valence-electron chi connectivity index (χ1n) is 5.66. The number of allylic oxidation sites excluding steroid dienone is 2. The molecule has 0 saturated heterocycles. The van der Waals surface area contributed by atoms with Gasteiger partial charge in [0.1, 0.15) is 0 Å². The minimum absolute atomic E-state index is 0.514. The van der Waals surface area contributed by atoms with Gasteiger partial charge in [0.2, 0.25) is 0 Å². The molecule has 0 spiro atoms. The highest BCUT2D eigenvalue weighted by atomic mass is 79.9. The van der Waals surface area contributed by atoms with Crippen LogP contribution in [0.25, 0.3) is 0 Å². The van der Waals surface area contributed by atoms with Gasteiger partial charge in [-0.1, -0.05) is 69.3 Å². The third-order valence-corrected chi connectivity index (χ3v) is 4.15. The van der Waals surface area contributed by atoms with E-state index in [1.807, 2.05) is 18.2 Å². The van der Waals surface area contributed by atoms with Crippen LogP contribution in [-0.4, -0.2) is 11.2 Å². The highest BCUT2D eigenvalue weighted by Gasteiger charge is 2.10. The molecule has 1 rings (SSSR count). The Labute approximate surface area is 125 Å². The van der Waals surface area contributed by atoms with Crippen LogP contribution in [0.1, 0.15) is 12.0 Å². The standard InChI is InChI=1S/C15H16Br2O/c1-3-6-11(4-2)15(18)10-9-12-13(16)7-5-8-14(12)17/h3-8,15,18H,1-2,9-10H2/b11-6+. The number of rotatable bonds is 6. The Kier molecular flexibility index (Phi) is 6.61. The van der Waals surface area contributed by atoms with Gasteiger partial charge in [-0.25, -0.2) is 0 Å². The zero-order chi connectivity index (χ0) is 13.5. The summed E-state index contributed by atoms with van der Waals surface area (Å²) in [6, 6.07) is 5.97. The lowest BCUT2D eigenvalue weighted by Crippen LogP contribution is -2.10. The van der Waals surface area contributed by atoms with E-state index in [-0.39, 0.29) is 0 Å². The molecule has 18 heavy (non-hydrogen) atoms. The maximum Gasteiger partial charge on any atom is 0.0793 e. The fourth-order valence-corrected chi connectivity index (χ4v) is 3.07. The first kappa shape index (κ1) is 15.4. The lowest BCUT2D eigenvalue weighted by Gasteiger charge is -2.13. The molecular weight excluding hydrogens is 356 g/mol. The number of halogens is 2. The van der Waals surface area contributed by atoms with Crippen LogP contribution in [-0.2, 0) is 6.42 Å². The summed E-state index contributed by atoms with van der Waals surface area (Å²) >= 11 is 7.04. The van der Waals surface area contributed by atoms with Crippen LogP contribution in [0.3, 0.4) is 0 Å². The number of benzene rings is 1. The summed E-state index contributed by atoms with van der Waals surface area (Å²) in [6.07, 6.45) is 6.03. The van der Waals surface area contributed by atoms with Gasteiger partial charge in [0.05, 0.1) is 6.10 Å². The van der Waals surface area contributed by atoms with Gasteiger partial charge in [-0.3, -0.25) is 0 Å². The highest BCUT2D eigenvalue weighted by molar-refractivity contribution is 9.11. The fourth-order valence-electron chi connectivity index (χ4n) is 1.67. The van der Waals surface area contributed by atoms with E-state index in [0.29, 0.717) is 6.42 Å². The van der Waals surface area contributed by atoms with Gasteiger partial charge in [-0.15, -0.1) is 0 Å². The second kappa shape index (κ2) is 7.72. The molecule has 96 valence electrons. The van der Waals surface area contributed by atoms with Crippen LogP contribution in [0, 0.1) is 0 Å². The molecule has 0 aliphatic carbocycles. The molecule has 0 aliphatic heterocycles. The number of hydrogen-bond acceptors (Lipinski definition) is 1. The third-order valence-electron chi connectivity index (χ3n) is 2.66. The van der Waals surface area contributed by atoms with E-state index in [1.165, 1.54) is 5.56 Å². The van der Waals surface area contributed by atoms with Crippen molar-refractivity contribution in [2.75, 3.05) is 0 Å². The topological polar surface area (TPSA) is 20.2 Å². The van der Waals surface area contributed by atoms with E-state index in [1.54, 1.807) is 18.2 Å². The Balaban J connectivity index is 2.73. The molecule has 0 bridgehead atoms. The van der Waals surface area contributed by atoms with Crippen molar-refractivity contribution in [3.05, 3.63) is 69.7 Å². The Morgan fingerprint density at radius 2 is 1.89 bits per heavy atom. The Morgan fingerprint density at radius 1 is 1.28 bits per heavy atom. The summed E-state index contributed by atoms with van der Waals surface area (Å²) in [7, 11) is 0. The minimum Gasteiger partial charge on any atom is -0.388 e. The van der Waals surface area contributed by atoms with Gasteiger partial charge in [0.15, 0.2) is 0 Å². The van der Waals surface area contributed by atoms with E-state index >= 15 is 0 Å². The second-order valence-corrected chi connectivity index (χ2v) is 5.57. The summed E-state index contributed by atoms with van der Waals surface area (Å²) in [5.41, 5.74) is 1.96. The molecule has 0 fully saturated rings. The van der Waals surface area contributed by atoms with Crippen molar-refractivity contribution in [2.45, 2.75) is 18.9 Å². The summed E-state index contributed by atoms with van der Waals surface area (Å²) in [6.45, 7) is 7.32. The van der Waals surface area contributed by atoms with Crippen molar-refractivity contribution in [1.82, 2.24) is 0 Å². The molecule has 0 amide bonds.